The molecule has 0 radical (unpaired) electrons. The molecule has 6 nitrogen and oxygen atoms in total. The zero-order chi connectivity index (χ0) is 13.5. The number of aliphatic carboxylic acids is 1. The maximum atomic E-state index is 11.3. The van der Waals surface area contributed by atoms with Gasteiger partial charge in [0, 0.05) is 16.6 Å². The van der Waals surface area contributed by atoms with Crippen molar-refractivity contribution >= 4 is 27.9 Å². The summed E-state index contributed by atoms with van der Waals surface area (Å²) in [5.74, 6) is -0.443. The molecule has 98 valence electrons. The topological polar surface area (TPSA) is 87.7 Å². The summed E-state index contributed by atoms with van der Waals surface area (Å²) >= 11 is 3.32. The number of carbonyl (C=O) groups excluding carboxylic acids is 1. The van der Waals surface area contributed by atoms with E-state index in [2.05, 4.69) is 26.6 Å². The van der Waals surface area contributed by atoms with E-state index in [9.17, 15) is 9.59 Å². The Balaban J connectivity index is 2.54. The highest BCUT2D eigenvalue weighted by molar-refractivity contribution is 9.10. The Morgan fingerprint density at radius 3 is 2.72 bits per heavy atom. The van der Waals surface area contributed by atoms with E-state index < -0.39 is 18.5 Å². The van der Waals surface area contributed by atoms with Crippen LogP contribution in [0, 0.1) is 0 Å². The summed E-state index contributed by atoms with van der Waals surface area (Å²) < 4.78 is 6.01. The van der Waals surface area contributed by atoms with Gasteiger partial charge in [-0.2, -0.15) is 0 Å². The number of rotatable bonds is 5. The second-order valence-corrected chi connectivity index (χ2v) is 4.30. The van der Waals surface area contributed by atoms with Gasteiger partial charge in [0.2, 0.25) is 0 Å². The summed E-state index contributed by atoms with van der Waals surface area (Å²) in [6, 6.07) is 4.87. The van der Waals surface area contributed by atoms with E-state index in [0.717, 1.165) is 10.0 Å². The number of carboxylic acid groups (broad SMARTS) is 1. The number of halogens is 1. The van der Waals surface area contributed by atoms with Crippen LogP contribution in [-0.2, 0) is 11.3 Å². The number of carboxylic acids is 1. The standard InChI is InChI=1S/C11H13BrN2O4/c1-18-9-3-2-8(12)4-7(9)5-13-11(17)14-6-10(15)16/h2-4H,5-6H2,1H3,(H,15,16)(H2,13,14,17). The van der Waals surface area contributed by atoms with Crippen LogP contribution in [0.1, 0.15) is 5.56 Å². The fourth-order valence-electron chi connectivity index (χ4n) is 1.28. The highest BCUT2D eigenvalue weighted by Gasteiger charge is 2.07. The summed E-state index contributed by atoms with van der Waals surface area (Å²) in [6.07, 6.45) is 0. The van der Waals surface area contributed by atoms with Gasteiger partial charge in [-0.3, -0.25) is 4.79 Å². The zero-order valence-electron chi connectivity index (χ0n) is 9.70. The van der Waals surface area contributed by atoms with Crippen molar-refractivity contribution in [2.24, 2.45) is 0 Å². The Hall–Kier alpha value is -1.76. The first-order chi connectivity index (χ1) is 8.52. The molecule has 0 heterocycles. The maximum absolute atomic E-state index is 11.3. The van der Waals surface area contributed by atoms with E-state index >= 15 is 0 Å². The van der Waals surface area contributed by atoms with Gasteiger partial charge >= 0.3 is 12.0 Å². The zero-order valence-corrected chi connectivity index (χ0v) is 11.3. The van der Waals surface area contributed by atoms with Crippen molar-refractivity contribution in [2.45, 2.75) is 6.54 Å². The maximum Gasteiger partial charge on any atom is 0.323 e. The normalized spacial score (nSPS) is 9.67. The Kier molecular flexibility index (Phi) is 5.44. The number of hydrogen-bond donors (Lipinski definition) is 3. The van der Waals surface area contributed by atoms with E-state index in [1.165, 1.54) is 7.11 Å². The number of urea groups is 1. The predicted molar refractivity (Wildman–Crippen MR) is 68.6 cm³/mol. The summed E-state index contributed by atoms with van der Waals surface area (Å²) in [7, 11) is 1.54. The molecule has 0 saturated carbocycles. The molecule has 0 aromatic heterocycles. The van der Waals surface area contributed by atoms with Crippen molar-refractivity contribution in [2.75, 3.05) is 13.7 Å². The lowest BCUT2D eigenvalue weighted by Gasteiger charge is -2.10. The van der Waals surface area contributed by atoms with Gasteiger partial charge in [0.1, 0.15) is 12.3 Å². The minimum atomic E-state index is -1.09. The second-order valence-electron chi connectivity index (χ2n) is 3.39. The molecule has 0 aliphatic rings. The smallest absolute Gasteiger partial charge is 0.323 e. The molecular formula is C11H13BrN2O4. The van der Waals surface area contributed by atoms with Crippen LogP contribution < -0.4 is 15.4 Å². The van der Waals surface area contributed by atoms with E-state index in [4.69, 9.17) is 9.84 Å². The minimum absolute atomic E-state index is 0.244. The first-order valence-corrected chi connectivity index (χ1v) is 5.88. The fourth-order valence-corrected chi connectivity index (χ4v) is 1.69. The Bertz CT molecular complexity index is 451. The molecule has 1 aromatic carbocycles. The number of ether oxygens (including phenoxy) is 1. The van der Waals surface area contributed by atoms with Gasteiger partial charge in [-0.1, -0.05) is 15.9 Å². The van der Waals surface area contributed by atoms with Gasteiger partial charge in [-0.15, -0.1) is 0 Å². The van der Waals surface area contributed by atoms with E-state index in [-0.39, 0.29) is 6.54 Å². The number of nitrogens with one attached hydrogen (secondary N) is 2. The SMILES string of the molecule is COc1ccc(Br)cc1CNC(=O)NCC(=O)O. The van der Waals surface area contributed by atoms with Crippen molar-refractivity contribution in [3.05, 3.63) is 28.2 Å². The van der Waals surface area contributed by atoms with Gasteiger partial charge in [0.15, 0.2) is 0 Å². The van der Waals surface area contributed by atoms with Crippen LogP contribution in [-0.4, -0.2) is 30.8 Å². The number of methoxy groups -OCH3 is 1. The molecule has 1 aromatic rings. The van der Waals surface area contributed by atoms with Crippen molar-refractivity contribution in [3.63, 3.8) is 0 Å². The van der Waals surface area contributed by atoms with E-state index in [1.807, 2.05) is 12.1 Å². The third-order valence-electron chi connectivity index (χ3n) is 2.08. The number of amides is 2. The van der Waals surface area contributed by atoms with Crippen molar-refractivity contribution in [1.82, 2.24) is 10.6 Å². The average Bonchev–Trinajstić information content (AvgIpc) is 2.34. The molecule has 0 unspecified atom stereocenters. The molecule has 0 spiro atoms. The van der Waals surface area contributed by atoms with Crippen LogP contribution in [0.25, 0.3) is 0 Å². The number of carbonyl (C=O) groups is 2. The second kappa shape index (κ2) is 6.85. The van der Waals surface area contributed by atoms with Crippen LogP contribution in [0.4, 0.5) is 4.79 Å². The van der Waals surface area contributed by atoms with Gasteiger partial charge in [-0.25, -0.2) is 4.79 Å². The molecule has 2 amide bonds. The lowest BCUT2D eigenvalue weighted by Crippen LogP contribution is -2.38. The molecule has 0 aliphatic heterocycles. The van der Waals surface area contributed by atoms with Crippen molar-refractivity contribution in [1.29, 1.82) is 0 Å². The summed E-state index contributed by atoms with van der Waals surface area (Å²) in [4.78, 5) is 21.5. The first kappa shape index (κ1) is 14.3. The molecule has 0 aliphatic carbocycles. The van der Waals surface area contributed by atoms with Crippen LogP contribution in [0.15, 0.2) is 22.7 Å². The van der Waals surface area contributed by atoms with Crippen molar-refractivity contribution in [3.8, 4) is 5.75 Å². The monoisotopic (exact) mass is 316 g/mol. The molecule has 18 heavy (non-hydrogen) atoms. The first-order valence-electron chi connectivity index (χ1n) is 5.09. The van der Waals surface area contributed by atoms with Gasteiger partial charge in [0.25, 0.3) is 0 Å². The summed E-state index contributed by atoms with van der Waals surface area (Å²) in [5, 5.41) is 13.1. The lowest BCUT2D eigenvalue weighted by molar-refractivity contribution is -0.135. The highest BCUT2D eigenvalue weighted by Crippen LogP contribution is 2.22. The Morgan fingerprint density at radius 1 is 1.39 bits per heavy atom. The Morgan fingerprint density at radius 2 is 2.11 bits per heavy atom. The predicted octanol–water partition coefficient (Wildman–Crippen LogP) is 1.34. The largest absolute Gasteiger partial charge is 0.496 e. The van der Waals surface area contributed by atoms with Gasteiger partial charge < -0.3 is 20.5 Å². The van der Waals surface area contributed by atoms with Gasteiger partial charge in [0.05, 0.1) is 7.11 Å². The lowest BCUT2D eigenvalue weighted by atomic mass is 10.2. The third kappa shape index (κ3) is 4.62. The third-order valence-corrected chi connectivity index (χ3v) is 2.58. The van der Waals surface area contributed by atoms with Gasteiger partial charge in [-0.05, 0) is 18.2 Å². The Labute approximate surface area is 112 Å². The minimum Gasteiger partial charge on any atom is -0.496 e. The van der Waals surface area contributed by atoms with Crippen LogP contribution >= 0.6 is 15.9 Å². The summed E-state index contributed by atoms with van der Waals surface area (Å²) in [6.45, 7) is -0.171. The highest BCUT2D eigenvalue weighted by atomic mass is 79.9. The molecule has 0 atom stereocenters. The molecule has 0 fully saturated rings. The van der Waals surface area contributed by atoms with Crippen LogP contribution in [0.2, 0.25) is 0 Å². The van der Waals surface area contributed by atoms with E-state index in [1.54, 1.807) is 6.07 Å². The molecule has 1 rings (SSSR count). The quantitative estimate of drug-likeness (QED) is 0.765. The molecule has 0 saturated heterocycles. The van der Waals surface area contributed by atoms with E-state index in [0.29, 0.717) is 5.75 Å². The summed E-state index contributed by atoms with van der Waals surface area (Å²) in [5.41, 5.74) is 0.789. The number of benzene rings is 1. The molecule has 3 N–H and O–H groups in total. The fraction of sp³-hybridized carbons (Fsp3) is 0.273. The molecule has 7 heteroatoms. The molecule has 0 bridgehead atoms. The van der Waals surface area contributed by atoms with Crippen molar-refractivity contribution < 1.29 is 19.4 Å². The van der Waals surface area contributed by atoms with Crippen LogP contribution in [0.3, 0.4) is 0 Å². The van der Waals surface area contributed by atoms with Crippen LogP contribution in [0.5, 0.6) is 5.75 Å². The number of hydrogen-bond acceptors (Lipinski definition) is 3. The average molecular weight is 317 g/mol. The molecular weight excluding hydrogens is 304 g/mol.